The summed E-state index contributed by atoms with van der Waals surface area (Å²) in [6, 6.07) is 9.76. The van der Waals surface area contributed by atoms with E-state index in [4.69, 9.17) is 4.74 Å². The van der Waals surface area contributed by atoms with Crippen LogP contribution < -0.4 is 10.6 Å². The number of hydrogen-bond donors (Lipinski definition) is 2. The van der Waals surface area contributed by atoms with E-state index in [1.165, 1.54) is 18.3 Å². The van der Waals surface area contributed by atoms with Gasteiger partial charge in [0.05, 0.1) is 5.56 Å². The van der Waals surface area contributed by atoms with Gasteiger partial charge in [-0.05, 0) is 50.3 Å². The Morgan fingerprint density at radius 3 is 2.66 bits per heavy atom. The average molecular weight is 411 g/mol. The Balaban J connectivity index is 1.51. The number of nitrogens with zero attached hydrogens (tertiary/aromatic N) is 1. The van der Waals surface area contributed by atoms with Gasteiger partial charge in [-0.2, -0.15) is 5.26 Å². The molecule has 1 heterocycles. The van der Waals surface area contributed by atoms with Gasteiger partial charge in [-0.3, -0.25) is 9.59 Å². The maximum Gasteiger partial charge on any atom is 0.328 e. The Morgan fingerprint density at radius 1 is 1.21 bits per heavy atom. The molecule has 0 saturated heterocycles. The van der Waals surface area contributed by atoms with Crippen molar-refractivity contribution in [2.75, 3.05) is 11.9 Å². The number of ether oxygens (including phenoxy) is 1. The van der Waals surface area contributed by atoms with Crippen molar-refractivity contribution in [1.29, 1.82) is 5.26 Å². The molecular formula is C21H21N3O4S. The van der Waals surface area contributed by atoms with Crippen LogP contribution in [-0.2, 0) is 27.2 Å². The van der Waals surface area contributed by atoms with Gasteiger partial charge in [0.25, 0.3) is 11.8 Å². The first-order chi connectivity index (χ1) is 14.0. The molecule has 0 spiro atoms. The molecule has 2 amide bonds. The normalized spacial score (nSPS) is 13.5. The fourth-order valence-electron chi connectivity index (χ4n) is 3.13. The number of rotatable bonds is 6. The fraction of sp³-hybridized carbons (Fsp3) is 0.333. The average Bonchev–Trinajstić information content (AvgIpc) is 3.09. The van der Waals surface area contributed by atoms with Crippen molar-refractivity contribution in [2.45, 2.75) is 38.6 Å². The standard InChI is InChI=1S/C21H21N3O4S/c1-13(23-19(26)14-7-3-2-4-8-14)21(27)28-12-18(25)24-20-16(11-22)15-9-5-6-10-17(15)29-20/h2-4,7-8,13H,5-6,9-10,12H2,1H3,(H,23,26)(H,24,25)/t13-/m0/s1. The third-order valence-electron chi connectivity index (χ3n) is 4.62. The van der Waals surface area contributed by atoms with Crippen LogP contribution >= 0.6 is 11.3 Å². The molecule has 0 aliphatic heterocycles. The number of thiophene rings is 1. The molecule has 0 bridgehead atoms. The van der Waals surface area contributed by atoms with Gasteiger partial charge in [-0.15, -0.1) is 11.3 Å². The van der Waals surface area contributed by atoms with Crippen LogP contribution in [0, 0.1) is 11.3 Å². The van der Waals surface area contributed by atoms with Gasteiger partial charge < -0.3 is 15.4 Å². The number of benzene rings is 1. The van der Waals surface area contributed by atoms with E-state index in [-0.39, 0.29) is 0 Å². The molecule has 2 aromatic rings. The SMILES string of the molecule is C[C@H](NC(=O)c1ccccc1)C(=O)OCC(=O)Nc1sc2c(c1C#N)CCCC2. The van der Waals surface area contributed by atoms with Crippen LogP contribution in [0.2, 0.25) is 0 Å². The second kappa shape index (κ2) is 9.34. The second-order valence-electron chi connectivity index (χ2n) is 6.74. The first-order valence-corrected chi connectivity index (χ1v) is 10.2. The lowest BCUT2D eigenvalue weighted by Crippen LogP contribution is -2.40. The molecule has 1 aliphatic rings. The number of nitriles is 1. The van der Waals surface area contributed by atoms with Crippen molar-refractivity contribution in [3.63, 3.8) is 0 Å². The van der Waals surface area contributed by atoms with Crippen molar-refractivity contribution < 1.29 is 19.1 Å². The number of carbonyl (C=O) groups excluding carboxylic acids is 3. The van der Waals surface area contributed by atoms with Crippen molar-refractivity contribution >= 4 is 34.1 Å². The lowest BCUT2D eigenvalue weighted by molar-refractivity contribution is -0.148. The van der Waals surface area contributed by atoms with E-state index in [1.54, 1.807) is 30.3 Å². The number of anilines is 1. The number of nitrogens with one attached hydrogen (secondary N) is 2. The number of aryl methyl sites for hydroxylation is 1. The molecule has 2 N–H and O–H groups in total. The quantitative estimate of drug-likeness (QED) is 0.711. The molecule has 7 nitrogen and oxygen atoms in total. The summed E-state index contributed by atoms with van der Waals surface area (Å²) >= 11 is 1.41. The molecule has 0 fully saturated rings. The van der Waals surface area contributed by atoms with Gasteiger partial charge in [0.15, 0.2) is 6.61 Å². The summed E-state index contributed by atoms with van der Waals surface area (Å²) < 4.78 is 5.01. The molecule has 1 atom stereocenters. The number of esters is 1. The molecule has 0 radical (unpaired) electrons. The summed E-state index contributed by atoms with van der Waals surface area (Å²) in [6.07, 6.45) is 3.88. The van der Waals surface area contributed by atoms with Crippen molar-refractivity contribution in [3.8, 4) is 6.07 Å². The van der Waals surface area contributed by atoms with E-state index in [0.717, 1.165) is 36.1 Å². The first-order valence-electron chi connectivity index (χ1n) is 9.36. The van der Waals surface area contributed by atoms with Crippen LogP contribution in [0.5, 0.6) is 0 Å². The Hall–Kier alpha value is -3.18. The summed E-state index contributed by atoms with van der Waals surface area (Å²) in [5.41, 5.74) is 1.96. The summed E-state index contributed by atoms with van der Waals surface area (Å²) in [5.74, 6) is -1.63. The molecule has 29 heavy (non-hydrogen) atoms. The zero-order valence-corrected chi connectivity index (χ0v) is 16.8. The zero-order chi connectivity index (χ0) is 20.8. The number of carbonyl (C=O) groups is 3. The van der Waals surface area contributed by atoms with Crippen LogP contribution in [0.4, 0.5) is 5.00 Å². The Labute approximate surface area is 172 Å². The van der Waals surface area contributed by atoms with Gasteiger partial charge in [0.1, 0.15) is 17.1 Å². The van der Waals surface area contributed by atoms with E-state index in [9.17, 15) is 19.6 Å². The number of amides is 2. The number of hydrogen-bond acceptors (Lipinski definition) is 6. The molecule has 0 saturated carbocycles. The maximum absolute atomic E-state index is 12.2. The van der Waals surface area contributed by atoms with Crippen molar-refractivity contribution in [3.05, 3.63) is 51.9 Å². The minimum atomic E-state index is -0.903. The summed E-state index contributed by atoms with van der Waals surface area (Å²) in [7, 11) is 0. The Morgan fingerprint density at radius 2 is 1.93 bits per heavy atom. The van der Waals surface area contributed by atoms with Crippen LogP contribution in [0.3, 0.4) is 0 Å². The number of fused-ring (bicyclic) bond motifs is 1. The molecule has 1 aromatic heterocycles. The summed E-state index contributed by atoms with van der Waals surface area (Å²) in [6.45, 7) is 1.00. The minimum Gasteiger partial charge on any atom is -0.454 e. The lowest BCUT2D eigenvalue weighted by Gasteiger charge is -2.13. The minimum absolute atomic E-state index is 0.401. The zero-order valence-electron chi connectivity index (χ0n) is 16.0. The van der Waals surface area contributed by atoms with Gasteiger partial charge in [0, 0.05) is 10.4 Å². The van der Waals surface area contributed by atoms with E-state index in [1.807, 2.05) is 0 Å². The van der Waals surface area contributed by atoms with Gasteiger partial charge >= 0.3 is 5.97 Å². The fourth-order valence-corrected chi connectivity index (χ4v) is 4.38. The predicted octanol–water partition coefficient (Wildman–Crippen LogP) is 2.80. The molecule has 1 aliphatic carbocycles. The van der Waals surface area contributed by atoms with Crippen LogP contribution in [0.15, 0.2) is 30.3 Å². The lowest BCUT2D eigenvalue weighted by atomic mass is 9.96. The maximum atomic E-state index is 12.2. The molecule has 8 heteroatoms. The summed E-state index contributed by atoms with van der Waals surface area (Å²) in [4.78, 5) is 37.5. The third-order valence-corrected chi connectivity index (χ3v) is 5.83. The molecule has 1 aromatic carbocycles. The second-order valence-corrected chi connectivity index (χ2v) is 7.85. The van der Waals surface area contributed by atoms with E-state index >= 15 is 0 Å². The highest BCUT2D eigenvalue weighted by molar-refractivity contribution is 7.16. The highest BCUT2D eigenvalue weighted by atomic mass is 32.1. The third kappa shape index (κ3) is 5.00. The molecular weight excluding hydrogens is 390 g/mol. The van der Waals surface area contributed by atoms with Crippen LogP contribution in [0.1, 0.15) is 46.1 Å². The Kier molecular flexibility index (Phi) is 6.62. The summed E-state index contributed by atoms with van der Waals surface area (Å²) in [5, 5.41) is 15.1. The predicted molar refractivity (Wildman–Crippen MR) is 109 cm³/mol. The van der Waals surface area contributed by atoms with E-state index in [0.29, 0.717) is 16.1 Å². The van der Waals surface area contributed by atoms with Crippen molar-refractivity contribution in [2.24, 2.45) is 0 Å². The molecule has 0 unspecified atom stereocenters. The highest BCUT2D eigenvalue weighted by Gasteiger charge is 2.23. The monoisotopic (exact) mass is 411 g/mol. The van der Waals surface area contributed by atoms with E-state index in [2.05, 4.69) is 16.7 Å². The van der Waals surface area contributed by atoms with E-state index < -0.39 is 30.4 Å². The Bertz CT molecular complexity index is 962. The smallest absolute Gasteiger partial charge is 0.328 e. The first kappa shape index (κ1) is 20.6. The van der Waals surface area contributed by atoms with Gasteiger partial charge in [-0.1, -0.05) is 18.2 Å². The van der Waals surface area contributed by atoms with Gasteiger partial charge in [0.2, 0.25) is 0 Å². The van der Waals surface area contributed by atoms with Crippen molar-refractivity contribution in [1.82, 2.24) is 5.32 Å². The topological polar surface area (TPSA) is 108 Å². The van der Waals surface area contributed by atoms with Gasteiger partial charge in [-0.25, -0.2) is 4.79 Å². The molecule has 150 valence electrons. The molecule has 3 rings (SSSR count). The van der Waals surface area contributed by atoms with Crippen LogP contribution in [0.25, 0.3) is 0 Å². The largest absolute Gasteiger partial charge is 0.454 e. The van der Waals surface area contributed by atoms with Crippen LogP contribution in [-0.4, -0.2) is 30.4 Å². The highest BCUT2D eigenvalue weighted by Crippen LogP contribution is 2.37.